The molecular weight excluding hydrogens is 232 g/mol. The lowest BCUT2D eigenvalue weighted by molar-refractivity contribution is 0.248. The highest BCUT2D eigenvalue weighted by Gasteiger charge is 2.27. The summed E-state index contributed by atoms with van der Waals surface area (Å²) in [6.45, 7) is 5.11. The number of nitrogens with two attached hydrogens (primary N) is 1. The molecule has 0 aromatic carbocycles. The minimum atomic E-state index is -1.84. The van der Waals surface area contributed by atoms with E-state index >= 15 is 0 Å². The van der Waals surface area contributed by atoms with E-state index in [1.165, 1.54) is 19.3 Å². The molecule has 0 fully saturated rings. The Labute approximate surface area is 107 Å². The Bertz CT molecular complexity index is 167. The number of hydrogen-bond acceptors (Lipinski definition) is 4. The Kier molecular flexibility index (Phi) is 11.2. The fourth-order valence-corrected chi connectivity index (χ4v) is 3.09. The monoisotopic (exact) mass is 262 g/mol. The van der Waals surface area contributed by atoms with Crippen LogP contribution in [-0.4, -0.2) is 42.4 Å². The number of hydrogen-bond donors (Lipinski definition) is 2. The number of rotatable bonds is 12. The number of unbranched alkanes of at least 4 members (excludes halogenated alkanes) is 3. The first-order chi connectivity index (χ1) is 8.18. The Morgan fingerprint density at radius 3 is 2.12 bits per heavy atom. The Morgan fingerprint density at radius 2 is 1.53 bits per heavy atom. The summed E-state index contributed by atoms with van der Waals surface area (Å²) in [5, 5.41) is 3.46. The predicted octanol–water partition coefficient (Wildman–Crippen LogP) is 1.85. The van der Waals surface area contributed by atoms with Crippen LogP contribution in [0.2, 0.25) is 12.6 Å². The van der Waals surface area contributed by atoms with Crippen LogP contribution in [0.15, 0.2) is 0 Å². The standard InChI is InChI=1S/C12H30N2O2Si/c1-15-17(3,16-2)12-8-11-14-10-7-5-4-6-9-13/h14H,4-13H2,1-3H3. The molecule has 0 rings (SSSR count). The minimum absolute atomic E-state index is 0.824. The van der Waals surface area contributed by atoms with E-state index < -0.39 is 8.56 Å². The molecule has 0 unspecified atom stereocenters. The van der Waals surface area contributed by atoms with Crippen LogP contribution in [0.25, 0.3) is 0 Å². The summed E-state index contributed by atoms with van der Waals surface area (Å²) in [5.74, 6) is 0. The van der Waals surface area contributed by atoms with Crippen LogP contribution in [0, 0.1) is 0 Å². The van der Waals surface area contributed by atoms with Crippen LogP contribution < -0.4 is 11.1 Å². The van der Waals surface area contributed by atoms with Gasteiger partial charge in [0.15, 0.2) is 0 Å². The first-order valence-electron chi connectivity index (χ1n) is 6.69. The fourth-order valence-electron chi connectivity index (χ4n) is 1.69. The van der Waals surface area contributed by atoms with Crippen LogP contribution in [0.4, 0.5) is 0 Å². The van der Waals surface area contributed by atoms with Crippen LogP contribution in [0.5, 0.6) is 0 Å². The van der Waals surface area contributed by atoms with Crippen molar-refractivity contribution >= 4 is 8.56 Å². The second-order valence-electron chi connectivity index (χ2n) is 4.60. The zero-order valence-corrected chi connectivity index (χ0v) is 12.8. The van der Waals surface area contributed by atoms with Crippen molar-refractivity contribution in [3.05, 3.63) is 0 Å². The molecular formula is C12H30N2O2Si. The predicted molar refractivity (Wildman–Crippen MR) is 75.5 cm³/mol. The molecule has 0 aliphatic rings. The van der Waals surface area contributed by atoms with Crippen LogP contribution in [-0.2, 0) is 8.85 Å². The Balaban J connectivity index is 3.23. The van der Waals surface area contributed by atoms with Crippen molar-refractivity contribution in [2.24, 2.45) is 5.73 Å². The van der Waals surface area contributed by atoms with E-state index in [2.05, 4.69) is 11.9 Å². The summed E-state index contributed by atoms with van der Waals surface area (Å²) >= 11 is 0. The fraction of sp³-hybridized carbons (Fsp3) is 1.00. The quantitative estimate of drug-likeness (QED) is 0.416. The molecule has 104 valence electrons. The van der Waals surface area contributed by atoms with E-state index in [-0.39, 0.29) is 0 Å². The molecule has 0 aliphatic carbocycles. The highest BCUT2D eigenvalue weighted by atomic mass is 28.4. The average molecular weight is 262 g/mol. The lowest BCUT2D eigenvalue weighted by Gasteiger charge is -2.22. The SMILES string of the molecule is CO[Si](C)(CCCNCCCCCCN)OC. The maximum atomic E-state index is 5.44. The molecule has 0 atom stereocenters. The third kappa shape index (κ3) is 9.73. The molecule has 0 saturated carbocycles. The lowest BCUT2D eigenvalue weighted by atomic mass is 10.2. The molecule has 3 N–H and O–H groups in total. The van der Waals surface area contributed by atoms with E-state index in [1.54, 1.807) is 14.2 Å². The van der Waals surface area contributed by atoms with Gasteiger partial charge in [0.25, 0.3) is 0 Å². The topological polar surface area (TPSA) is 56.5 Å². The smallest absolute Gasteiger partial charge is 0.334 e. The molecule has 0 bridgehead atoms. The van der Waals surface area contributed by atoms with Crippen LogP contribution in [0.3, 0.4) is 0 Å². The Morgan fingerprint density at radius 1 is 0.941 bits per heavy atom. The minimum Gasteiger partial charge on any atom is -0.398 e. The van der Waals surface area contributed by atoms with Crippen molar-refractivity contribution in [2.45, 2.75) is 44.7 Å². The summed E-state index contributed by atoms with van der Waals surface area (Å²) in [5.41, 5.74) is 5.44. The summed E-state index contributed by atoms with van der Waals surface area (Å²) in [4.78, 5) is 0. The second-order valence-corrected chi connectivity index (χ2v) is 8.18. The molecule has 0 amide bonds. The molecule has 0 aliphatic heterocycles. The summed E-state index contributed by atoms with van der Waals surface area (Å²) in [7, 11) is 1.66. The van der Waals surface area contributed by atoms with Gasteiger partial charge in [0.2, 0.25) is 0 Å². The van der Waals surface area contributed by atoms with Crippen molar-refractivity contribution in [3.8, 4) is 0 Å². The van der Waals surface area contributed by atoms with Gasteiger partial charge in [0.05, 0.1) is 0 Å². The van der Waals surface area contributed by atoms with Gasteiger partial charge in [-0.05, 0) is 51.5 Å². The van der Waals surface area contributed by atoms with Crippen LogP contribution >= 0.6 is 0 Å². The van der Waals surface area contributed by atoms with Crippen molar-refractivity contribution in [1.29, 1.82) is 0 Å². The molecule has 0 spiro atoms. The molecule has 0 aromatic rings. The summed E-state index contributed by atoms with van der Waals surface area (Å²) < 4.78 is 10.9. The van der Waals surface area contributed by atoms with Gasteiger partial charge in [-0.3, -0.25) is 0 Å². The molecule has 0 heterocycles. The third-order valence-electron chi connectivity index (χ3n) is 3.16. The van der Waals surface area contributed by atoms with Gasteiger partial charge in [0, 0.05) is 14.2 Å². The van der Waals surface area contributed by atoms with Gasteiger partial charge in [-0.15, -0.1) is 0 Å². The van der Waals surface area contributed by atoms with Gasteiger partial charge >= 0.3 is 8.56 Å². The first kappa shape index (κ1) is 17.1. The maximum Gasteiger partial charge on any atom is 0.334 e. The normalized spacial score (nSPS) is 12.0. The average Bonchev–Trinajstić information content (AvgIpc) is 2.36. The van der Waals surface area contributed by atoms with Crippen molar-refractivity contribution < 1.29 is 8.85 Å². The van der Waals surface area contributed by atoms with E-state index in [0.717, 1.165) is 38.5 Å². The zero-order chi connectivity index (χ0) is 13.0. The van der Waals surface area contributed by atoms with Gasteiger partial charge < -0.3 is 19.9 Å². The highest BCUT2D eigenvalue weighted by molar-refractivity contribution is 6.65. The number of nitrogens with one attached hydrogen (secondary N) is 1. The van der Waals surface area contributed by atoms with Crippen molar-refractivity contribution in [3.63, 3.8) is 0 Å². The largest absolute Gasteiger partial charge is 0.398 e. The summed E-state index contributed by atoms with van der Waals surface area (Å²) in [6.07, 6.45) is 6.09. The van der Waals surface area contributed by atoms with Crippen LogP contribution in [0.1, 0.15) is 32.1 Å². The Hall–Kier alpha value is 0.0569. The molecule has 4 nitrogen and oxygen atoms in total. The van der Waals surface area contributed by atoms with Crippen molar-refractivity contribution in [2.75, 3.05) is 33.9 Å². The molecule has 0 radical (unpaired) electrons. The molecule has 17 heavy (non-hydrogen) atoms. The van der Waals surface area contributed by atoms with Crippen molar-refractivity contribution in [1.82, 2.24) is 5.32 Å². The van der Waals surface area contributed by atoms with E-state index in [4.69, 9.17) is 14.6 Å². The van der Waals surface area contributed by atoms with E-state index in [0.29, 0.717) is 0 Å². The maximum absolute atomic E-state index is 5.44. The van der Waals surface area contributed by atoms with Gasteiger partial charge in [-0.1, -0.05) is 12.8 Å². The first-order valence-corrected chi connectivity index (χ1v) is 9.22. The molecule has 0 saturated heterocycles. The molecule has 0 aromatic heterocycles. The third-order valence-corrected chi connectivity index (χ3v) is 6.14. The van der Waals surface area contributed by atoms with Gasteiger partial charge in [-0.25, -0.2) is 0 Å². The zero-order valence-electron chi connectivity index (χ0n) is 11.8. The van der Waals surface area contributed by atoms with Gasteiger partial charge in [0.1, 0.15) is 0 Å². The second kappa shape index (κ2) is 11.2. The highest BCUT2D eigenvalue weighted by Crippen LogP contribution is 2.12. The van der Waals surface area contributed by atoms with Gasteiger partial charge in [-0.2, -0.15) is 0 Å². The summed E-state index contributed by atoms with van der Waals surface area (Å²) in [6, 6.07) is 1.06. The van der Waals surface area contributed by atoms with E-state index in [9.17, 15) is 0 Å². The van der Waals surface area contributed by atoms with E-state index in [1.807, 2.05) is 0 Å². The lowest BCUT2D eigenvalue weighted by Crippen LogP contribution is -2.36. The molecule has 5 heteroatoms.